The van der Waals surface area contributed by atoms with Gasteiger partial charge in [-0.3, -0.25) is 4.79 Å². The van der Waals surface area contributed by atoms with E-state index in [0.29, 0.717) is 38.4 Å². The number of likely N-dealkylation sites (tertiary alicyclic amines) is 1. The van der Waals surface area contributed by atoms with Gasteiger partial charge in [0, 0.05) is 37.4 Å². The number of ether oxygens (including phenoxy) is 3. The maximum absolute atomic E-state index is 12.6. The summed E-state index contributed by atoms with van der Waals surface area (Å²) < 4.78 is 17.7. The Morgan fingerprint density at radius 3 is 2.71 bits per heavy atom. The molecule has 2 aliphatic heterocycles. The molecule has 1 amide bonds. The van der Waals surface area contributed by atoms with E-state index in [2.05, 4.69) is 0 Å². The molecule has 1 aliphatic carbocycles. The maximum Gasteiger partial charge on any atom is 0.225 e. The second-order valence-corrected chi connectivity index (χ2v) is 7.06. The van der Waals surface area contributed by atoms with E-state index in [-0.39, 0.29) is 5.92 Å². The minimum absolute atomic E-state index is 0.244. The highest BCUT2D eigenvalue weighted by Gasteiger charge is 2.43. The van der Waals surface area contributed by atoms with Crippen molar-refractivity contribution in [1.29, 1.82) is 0 Å². The summed E-state index contributed by atoms with van der Waals surface area (Å²) in [5, 5.41) is 0. The van der Waals surface area contributed by atoms with Gasteiger partial charge in [-0.2, -0.15) is 0 Å². The van der Waals surface area contributed by atoms with Gasteiger partial charge in [0.1, 0.15) is 0 Å². The van der Waals surface area contributed by atoms with Crippen molar-refractivity contribution >= 4 is 5.91 Å². The van der Waals surface area contributed by atoms with Crippen molar-refractivity contribution in [1.82, 2.24) is 4.90 Å². The fraction of sp³-hybridized carbons (Fsp3) is 0.632. The summed E-state index contributed by atoms with van der Waals surface area (Å²) >= 11 is 0. The number of methoxy groups -OCH3 is 1. The molecule has 1 saturated heterocycles. The molecule has 1 spiro atoms. The highest BCUT2D eigenvalue weighted by atomic mass is 16.7. The fourth-order valence-corrected chi connectivity index (χ4v) is 4.12. The van der Waals surface area contributed by atoms with Crippen molar-refractivity contribution in [2.24, 2.45) is 5.92 Å². The lowest BCUT2D eigenvalue weighted by atomic mass is 9.98. The van der Waals surface area contributed by atoms with Gasteiger partial charge in [-0.25, -0.2) is 0 Å². The third-order valence-electron chi connectivity index (χ3n) is 5.60. The number of piperidine rings is 1. The molecule has 1 saturated carbocycles. The van der Waals surface area contributed by atoms with Crippen LogP contribution < -0.4 is 9.47 Å². The first-order chi connectivity index (χ1) is 11.7. The summed E-state index contributed by atoms with van der Waals surface area (Å²) in [4.78, 5) is 14.6. The molecule has 0 N–H and O–H groups in total. The lowest BCUT2D eigenvalue weighted by molar-refractivity contribution is -0.228. The monoisotopic (exact) mass is 331 g/mol. The first-order valence-electron chi connectivity index (χ1n) is 8.98. The Labute approximate surface area is 142 Å². The molecule has 2 fully saturated rings. The van der Waals surface area contributed by atoms with Gasteiger partial charge in [0.2, 0.25) is 11.7 Å². The van der Waals surface area contributed by atoms with Crippen molar-refractivity contribution in [3.8, 4) is 11.5 Å². The van der Waals surface area contributed by atoms with Crippen LogP contribution in [0.3, 0.4) is 0 Å². The zero-order valence-electron chi connectivity index (χ0n) is 14.3. The Morgan fingerprint density at radius 2 is 2.00 bits per heavy atom. The molecule has 0 unspecified atom stereocenters. The van der Waals surface area contributed by atoms with Gasteiger partial charge in [0.15, 0.2) is 11.5 Å². The molecular formula is C19H25NO4. The van der Waals surface area contributed by atoms with Crippen molar-refractivity contribution in [3.63, 3.8) is 0 Å². The summed E-state index contributed by atoms with van der Waals surface area (Å²) in [5.74, 6) is 1.50. The van der Waals surface area contributed by atoms with Crippen LogP contribution in [0.5, 0.6) is 11.5 Å². The molecule has 5 nitrogen and oxygen atoms in total. The van der Waals surface area contributed by atoms with E-state index in [1.807, 2.05) is 23.1 Å². The summed E-state index contributed by atoms with van der Waals surface area (Å²) in [6.07, 6.45) is 5.91. The van der Waals surface area contributed by atoms with Crippen molar-refractivity contribution in [2.45, 2.75) is 50.9 Å². The molecular weight excluding hydrogens is 306 g/mol. The van der Waals surface area contributed by atoms with Crippen LogP contribution in [0.25, 0.3) is 0 Å². The molecule has 4 rings (SSSR count). The van der Waals surface area contributed by atoms with Crippen LogP contribution in [-0.2, 0) is 16.1 Å². The second kappa shape index (κ2) is 6.28. The number of hydrogen-bond acceptors (Lipinski definition) is 4. The van der Waals surface area contributed by atoms with Gasteiger partial charge in [-0.15, -0.1) is 0 Å². The first kappa shape index (κ1) is 15.8. The number of rotatable bonds is 2. The van der Waals surface area contributed by atoms with E-state index in [0.717, 1.165) is 29.9 Å². The van der Waals surface area contributed by atoms with Gasteiger partial charge in [0.05, 0.1) is 13.7 Å². The third kappa shape index (κ3) is 2.75. The molecule has 1 aromatic carbocycles. The van der Waals surface area contributed by atoms with Crippen LogP contribution in [0.2, 0.25) is 0 Å². The van der Waals surface area contributed by atoms with E-state index in [9.17, 15) is 4.79 Å². The number of nitrogens with zero attached hydrogens (tertiary/aromatic N) is 1. The minimum Gasteiger partial charge on any atom is -0.493 e. The summed E-state index contributed by atoms with van der Waals surface area (Å²) in [5.41, 5.74) is 1.02. The quantitative estimate of drug-likeness (QED) is 0.835. The number of hydrogen-bond donors (Lipinski definition) is 0. The van der Waals surface area contributed by atoms with E-state index >= 15 is 0 Å². The zero-order valence-corrected chi connectivity index (χ0v) is 14.3. The van der Waals surface area contributed by atoms with Crippen LogP contribution in [0.15, 0.2) is 18.2 Å². The molecule has 0 bridgehead atoms. The molecule has 3 aliphatic rings. The van der Waals surface area contributed by atoms with Crippen LogP contribution in [-0.4, -0.2) is 36.8 Å². The summed E-state index contributed by atoms with van der Waals surface area (Å²) in [6, 6.07) is 5.87. The molecule has 2 heterocycles. The minimum atomic E-state index is -0.617. The van der Waals surface area contributed by atoms with Gasteiger partial charge >= 0.3 is 0 Å². The van der Waals surface area contributed by atoms with Crippen LogP contribution in [0, 0.1) is 5.92 Å². The van der Waals surface area contributed by atoms with Crippen molar-refractivity contribution in [2.75, 3.05) is 20.2 Å². The number of carbonyl (C=O) groups excluding carboxylic acids is 1. The third-order valence-corrected chi connectivity index (χ3v) is 5.60. The smallest absolute Gasteiger partial charge is 0.225 e. The Morgan fingerprint density at radius 1 is 1.25 bits per heavy atom. The Hall–Kier alpha value is -1.75. The Kier molecular flexibility index (Phi) is 4.12. The normalized spacial score (nSPS) is 23.0. The number of benzene rings is 1. The lowest BCUT2D eigenvalue weighted by Gasteiger charge is -2.44. The predicted molar refractivity (Wildman–Crippen MR) is 88.9 cm³/mol. The summed E-state index contributed by atoms with van der Waals surface area (Å²) in [6.45, 7) is 1.95. The van der Waals surface area contributed by atoms with Crippen molar-refractivity contribution < 1.29 is 19.0 Å². The molecule has 0 aromatic heterocycles. The van der Waals surface area contributed by atoms with Gasteiger partial charge < -0.3 is 19.1 Å². The van der Waals surface area contributed by atoms with E-state index in [4.69, 9.17) is 14.2 Å². The molecule has 0 radical (unpaired) electrons. The van der Waals surface area contributed by atoms with Crippen molar-refractivity contribution in [3.05, 3.63) is 23.8 Å². The zero-order chi connectivity index (χ0) is 16.6. The molecule has 5 heteroatoms. The Balaban J connectivity index is 1.44. The topological polar surface area (TPSA) is 48.0 Å². The average Bonchev–Trinajstić information content (AvgIpc) is 3.16. The lowest BCUT2D eigenvalue weighted by Crippen LogP contribution is -2.53. The Bertz CT molecular complexity index is 602. The standard InChI is InChI=1S/C19H25NO4/c1-22-16-8-4-7-15-13-23-19(24-17(15)16)9-11-20(12-10-19)18(21)14-5-2-3-6-14/h4,7-8,14H,2-3,5-6,9-13H2,1H3. The molecule has 1 aromatic rings. The fourth-order valence-electron chi connectivity index (χ4n) is 4.12. The molecule has 24 heavy (non-hydrogen) atoms. The summed E-state index contributed by atoms with van der Waals surface area (Å²) in [7, 11) is 1.66. The maximum atomic E-state index is 12.6. The highest BCUT2D eigenvalue weighted by Crippen LogP contribution is 2.42. The molecule has 0 atom stereocenters. The highest BCUT2D eigenvalue weighted by molar-refractivity contribution is 5.79. The molecule has 130 valence electrons. The van der Waals surface area contributed by atoms with Crippen LogP contribution >= 0.6 is 0 Å². The number of amides is 1. The number of carbonyl (C=O) groups is 1. The second-order valence-electron chi connectivity index (χ2n) is 7.06. The van der Waals surface area contributed by atoms with E-state index < -0.39 is 5.79 Å². The number of fused-ring (bicyclic) bond motifs is 1. The van der Waals surface area contributed by atoms with E-state index in [1.54, 1.807) is 7.11 Å². The van der Waals surface area contributed by atoms with E-state index in [1.165, 1.54) is 12.8 Å². The SMILES string of the molecule is COc1cccc2c1OC1(CCN(C(=O)C3CCCC3)CC1)OC2. The number of para-hydroxylation sites is 1. The average molecular weight is 331 g/mol. The van der Waals surface area contributed by atoms with Gasteiger partial charge in [-0.05, 0) is 18.9 Å². The van der Waals surface area contributed by atoms with Crippen LogP contribution in [0.1, 0.15) is 44.1 Å². The van der Waals surface area contributed by atoms with Gasteiger partial charge in [-0.1, -0.05) is 25.0 Å². The van der Waals surface area contributed by atoms with Gasteiger partial charge in [0.25, 0.3) is 0 Å². The largest absolute Gasteiger partial charge is 0.493 e. The predicted octanol–water partition coefficient (Wildman–Crippen LogP) is 3.11. The first-order valence-corrected chi connectivity index (χ1v) is 8.98. The van der Waals surface area contributed by atoms with Crippen LogP contribution in [0.4, 0.5) is 0 Å².